The van der Waals surface area contributed by atoms with Crippen molar-refractivity contribution in [2.45, 2.75) is 6.42 Å². The number of nitro benzene ring substituents is 1. The van der Waals surface area contributed by atoms with Gasteiger partial charge in [0.25, 0.3) is 11.6 Å². The monoisotopic (exact) mass is 388 g/mol. The van der Waals surface area contributed by atoms with E-state index in [1.165, 1.54) is 23.5 Å². The quantitative estimate of drug-likeness (QED) is 0.627. The van der Waals surface area contributed by atoms with Crippen molar-refractivity contribution in [3.8, 4) is 0 Å². The van der Waals surface area contributed by atoms with Crippen LogP contribution in [0.5, 0.6) is 0 Å². The molecule has 0 bridgehead atoms. The Morgan fingerprint density at radius 3 is 2.70 bits per heavy atom. The second kappa shape index (κ2) is 8.74. The van der Waals surface area contributed by atoms with Crippen molar-refractivity contribution in [2.75, 3.05) is 38.0 Å². The first-order valence-corrected chi connectivity index (χ1v) is 9.56. The number of nitrogens with one attached hydrogen (secondary N) is 1. The van der Waals surface area contributed by atoms with Crippen LogP contribution in [0.3, 0.4) is 0 Å². The number of thiophene rings is 1. The van der Waals surface area contributed by atoms with E-state index in [4.69, 9.17) is 0 Å². The Bertz CT molecular complexity index is 825. The van der Waals surface area contributed by atoms with Crippen molar-refractivity contribution in [1.29, 1.82) is 0 Å². The van der Waals surface area contributed by atoms with Crippen molar-refractivity contribution in [1.82, 2.24) is 9.80 Å². The zero-order valence-electron chi connectivity index (χ0n) is 14.7. The highest BCUT2D eigenvalue weighted by Crippen LogP contribution is 2.23. The minimum absolute atomic E-state index is 0.0162. The number of para-hydroxylation sites is 2. The molecule has 1 aliphatic heterocycles. The van der Waals surface area contributed by atoms with Crippen molar-refractivity contribution in [3.05, 3.63) is 56.8 Å². The number of benzene rings is 1. The molecule has 0 aliphatic carbocycles. The molecule has 8 nitrogen and oxygen atoms in total. The topological polar surface area (TPSA) is 95.8 Å². The van der Waals surface area contributed by atoms with E-state index in [2.05, 4.69) is 5.32 Å². The van der Waals surface area contributed by atoms with Crippen LogP contribution < -0.4 is 5.32 Å². The van der Waals surface area contributed by atoms with E-state index < -0.39 is 4.92 Å². The number of anilines is 1. The van der Waals surface area contributed by atoms with Crippen LogP contribution in [0, 0.1) is 10.1 Å². The van der Waals surface area contributed by atoms with Gasteiger partial charge in [-0.1, -0.05) is 12.1 Å². The zero-order valence-corrected chi connectivity index (χ0v) is 15.5. The van der Waals surface area contributed by atoms with Gasteiger partial charge in [-0.05, 0) is 23.9 Å². The molecule has 142 valence electrons. The Kier molecular flexibility index (Phi) is 6.15. The van der Waals surface area contributed by atoms with Gasteiger partial charge in [0.2, 0.25) is 5.91 Å². The number of nitrogens with zero attached hydrogens (tertiary/aromatic N) is 3. The summed E-state index contributed by atoms with van der Waals surface area (Å²) >= 11 is 1.49. The molecule has 0 radical (unpaired) electrons. The fourth-order valence-corrected chi connectivity index (χ4v) is 3.66. The standard InChI is InChI=1S/C18H20N4O4S/c23-17(19-15-4-1-2-5-16(15)22(25)26)12-20-7-3-8-21(10-9-20)18(24)14-6-11-27-13-14/h1-2,4-6,11,13H,3,7-10,12H2,(H,19,23). The SMILES string of the molecule is O=C(CN1CCCN(C(=O)c2ccsc2)CC1)Nc1ccccc1[N+](=O)[O-]. The second-order valence-electron chi connectivity index (χ2n) is 6.26. The number of amides is 2. The minimum Gasteiger partial charge on any atom is -0.337 e. The van der Waals surface area contributed by atoms with Gasteiger partial charge in [0.15, 0.2) is 0 Å². The minimum atomic E-state index is -0.518. The molecule has 1 fully saturated rings. The molecule has 0 atom stereocenters. The van der Waals surface area contributed by atoms with Gasteiger partial charge in [-0.15, -0.1) is 0 Å². The molecule has 1 aromatic heterocycles. The molecule has 2 aromatic rings. The van der Waals surface area contributed by atoms with E-state index in [0.29, 0.717) is 31.7 Å². The first kappa shape index (κ1) is 19.0. The molecule has 1 N–H and O–H groups in total. The Hall–Kier alpha value is -2.78. The summed E-state index contributed by atoms with van der Waals surface area (Å²) in [5, 5.41) is 17.4. The Labute approximate surface area is 160 Å². The lowest BCUT2D eigenvalue weighted by atomic mass is 10.2. The van der Waals surface area contributed by atoms with Crippen LogP contribution in [0.25, 0.3) is 0 Å². The summed E-state index contributed by atoms with van der Waals surface area (Å²) in [5.41, 5.74) is 0.758. The summed E-state index contributed by atoms with van der Waals surface area (Å²) < 4.78 is 0. The van der Waals surface area contributed by atoms with Gasteiger partial charge < -0.3 is 10.2 Å². The van der Waals surface area contributed by atoms with Gasteiger partial charge >= 0.3 is 0 Å². The zero-order chi connectivity index (χ0) is 19.2. The maximum Gasteiger partial charge on any atom is 0.292 e. The first-order valence-electron chi connectivity index (χ1n) is 8.61. The first-order chi connectivity index (χ1) is 13.0. The fraction of sp³-hybridized carbons (Fsp3) is 0.333. The highest BCUT2D eigenvalue weighted by atomic mass is 32.1. The van der Waals surface area contributed by atoms with E-state index in [1.807, 2.05) is 26.6 Å². The number of carbonyl (C=O) groups is 2. The van der Waals surface area contributed by atoms with E-state index in [9.17, 15) is 19.7 Å². The third kappa shape index (κ3) is 4.89. The average molecular weight is 388 g/mol. The third-order valence-electron chi connectivity index (χ3n) is 4.39. The van der Waals surface area contributed by atoms with Crippen LogP contribution in [0.4, 0.5) is 11.4 Å². The number of nitro groups is 1. The predicted octanol–water partition coefficient (Wildman–Crippen LogP) is 2.44. The van der Waals surface area contributed by atoms with Crippen LogP contribution in [-0.2, 0) is 4.79 Å². The summed E-state index contributed by atoms with van der Waals surface area (Å²) in [6.45, 7) is 2.61. The van der Waals surface area contributed by atoms with Gasteiger partial charge in [0, 0.05) is 37.6 Å². The summed E-state index contributed by atoms with van der Waals surface area (Å²) in [5.74, 6) is -0.288. The molecule has 9 heteroatoms. The molecule has 1 saturated heterocycles. The molecule has 1 aliphatic rings. The van der Waals surface area contributed by atoms with E-state index in [-0.39, 0.29) is 29.7 Å². The summed E-state index contributed by atoms with van der Waals surface area (Å²) in [4.78, 5) is 39.1. The molecule has 0 saturated carbocycles. The van der Waals surface area contributed by atoms with Gasteiger partial charge in [0.05, 0.1) is 17.0 Å². The third-order valence-corrected chi connectivity index (χ3v) is 5.07. The molecule has 2 amide bonds. The van der Waals surface area contributed by atoms with Crippen molar-refractivity contribution in [3.63, 3.8) is 0 Å². The predicted molar refractivity (Wildman–Crippen MR) is 103 cm³/mol. The van der Waals surface area contributed by atoms with E-state index in [1.54, 1.807) is 12.1 Å². The maximum atomic E-state index is 12.5. The number of hydrogen-bond acceptors (Lipinski definition) is 6. The maximum absolute atomic E-state index is 12.5. The second-order valence-corrected chi connectivity index (χ2v) is 7.04. The van der Waals surface area contributed by atoms with Crippen molar-refractivity contribution >= 4 is 34.5 Å². The van der Waals surface area contributed by atoms with Crippen LogP contribution in [0.1, 0.15) is 16.8 Å². The van der Waals surface area contributed by atoms with Gasteiger partial charge in [0.1, 0.15) is 5.69 Å². The molecule has 3 rings (SSSR count). The molecule has 2 heterocycles. The van der Waals surface area contributed by atoms with Gasteiger partial charge in [-0.2, -0.15) is 11.3 Å². The van der Waals surface area contributed by atoms with Crippen LogP contribution in [0.15, 0.2) is 41.1 Å². The van der Waals surface area contributed by atoms with E-state index >= 15 is 0 Å². The Morgan fingerprint density at radius 2 is 1.96 bits per heavy atom. The Morgan fingerprint density at radius 1 is 1.15 bits per heavy atom. The highest BCUT2D eigenvalue weighted by Gasteiger charge is 2.22. The van der Waals surface area contributed by atoms with Crippen LogP contribution in [0.2, 0.25) is 0 Å². The lowest BCUT2D eigenvalue weighted by molar-refractivity contribution is -0.383. The molecule has 0 spiro atoms. The highest BCUT2D eigenvalue weighted by molar-refractivity contribution is 7.08. The molecular formula is C18H20N4O4S. The smallest absolute Gasteiger partial charge is 0.292 e. The fourth-order valence-electron chi connectivity index (χ4n) is 3.03. The molecule has 27 heavy (non-hydrogen) atoms. The van der Waals surface area contributed by atoms with Crippen molar-refractivity contribution < 1.29 is 14.5 Å². The molecule has 1 aromatic carbocycles. The number of rotatable bonds is 5. The largest absolute Gasteiger partial charge is 0.337 e. The summed E-state index contributed by atoms with van der Waals surface area (Å²) in [6, 6.07) is 7.88. The number of carbonyl (C=O) groups excluding carboxylic acids is 2. The number of hydrogen-bond donors (Lipinski definition) is 1. The molecule has 0 unspecified atom stereocenters. The lowest BCUT2D eigenvalue weighted by Crippen LogP contribution is -2.38. The average Bonchev–Trinajstić information content (AvgIpc) is 3.09. The van der Waals surface area contributed by atoms with Crippen LogP contribution in [-0.4, -0.2) is 59.3 Å². The van der Waals surface area contributed by atoms with Gasteiger partial charge in [-0.25, -0.2) is 0 Å². The molecular weight excluding hydrogens is 368 g/mol. The van der Waals surface area contributed by atoms with Crippen LogP contribution >= 0.6 is 11.3 Å². The Balaban J connectivity index is 1.55. The lowest BCUT2D eigenvalue weighted by Gasteiger charge is -2.21. The normalized spacial score (nSPS) is 15.2. The summed E-state index contributed by atoms with van der Waals surface area (Å²) in [6.07, 6.45) is 0.772. The van der Waals surface area contributed by atoms with Crippen molar-refractivity contribution in [2.24, 2.45) is 0 Å². The van der Waals surface area contributed by atoms with E-state index in [0.717, 1.165) is 6.42 Å². The van der Waals surface area contributed by atoms with Gasteiger partial charge in [-0.3, -0.25) is 24.6 Å². The summed E-state index contributed by atoms with van der Waals surface area (Å²) in [7, 11) is 0.